The minimum Gasteiger partial charge on any atom is -0.454 e. The molecule has 3 aliphatic rings. The second kappa shape index (κ2) is 16.2. The second-order valence-electron chi connectivity index (χ2n) is 24.4. The van der Waals surface area contributed by atoms with Gasteiger partial charge in [-0.3, -0.25) is 0 Å². The lowest BCUT2D eigenvalue weighted by Crippen LogP contribution is -2.24. The molecule has 0 amide bonds. The first-order valence-corrected chi connectivity index (χ1v) is 28.5. The minimum absolute atomic E-state index is 0.171. The molecule has 0 atom stereocenters. The summed E-state index contributed by atoms with van der Waals surface area (Å²) in [6, 6.07) is 85.6. The molecule has 0 aliphatic heterocycles. The van der Waals surface area contributed by atoms with E-state index in [1.54, 1.807) is 0 Å². The number of fused-ring (bicyclic) bond motifs is 16. The zero-order valence-electron chi connectivity index (χ0n) is 46.2. The molecular weight excluding hydrogens is 985 g/mol. The van der Waals surface area contributed by atoms with Gasteiger partial charge in [0.1, 0.15) is 11.2 Å². The van der Waals surface area contributed by atoms with Crippen LogP contribution in [0.25, 0.3) is 98.8 Å². The smallest absolute Gasteiger partial charge is 0.159 e. The summed E-state index contributed by atoms with van der Waals surface area (Å²) in [5.74, 6) is 0. The summed E-state index contributed by atoms with van der Waals surface area (Å²) in [4.78, 5) is 4.87. The van der Waals surface area contributed by atoms with Crippen molar-refractivity contribution in [3.63, 3.8) is 0 Å². The van der Waals surface area contributed by atoms with Gasteiger partial charge < -0.3 is 18.6 Å². The van der Waals surface area contributed by atoms with Crippen LogP contribution in [0.2, 0.25) is 0 Å². The zero-order valence-corrected chi connectivity index (χ0v) is 46.2. The molecule has 2 aromatic heterocycles. The molecule has 0 fully saturated rings. The Morgan fingerprint density at radius 2 is 0.654 bits per heavy atom. The first-order valence-electron chi connectivity index (χ1n) is 28.5. The first-order chi connectivity index (χ1) is 39.4. The Kier molecular flexibility index (Phi) is 9.28. The van der Waals surface area contributed by atoms with Gasteiger partial charge >= 0.3 is 0 Å². The van der Waals surface area contributed by atoms with Crippen LogP contribution < -0.4 is 9.80 Å². The van der Waals surface area contributed by atoms with Gasteiger partial charge in [0.15, 0.2) is 11.2 Å². The molecule has 0 radical (unpaired) electrons. The van der Waals surface area contributed by atoms with E-state index < -0.39 is 0 Å². The molecule has 0 saturated heterocycles. The molecule has 0 spiro atoms. The van der Waals surface area contributed by atoms with Crippen LogP contribution in [0, 0.1) is 0 Å². The molecule has 3 aliphatic carbocycles. The van der Waals surface area contributed by atoms with Gasteiger partial charge in [0, 0.05) is 60.5 Å². The molecule has 12 aromatic carbocycles. The van der Waals surface area contributed by atoms with Crippen LogP contribution in [-0.4, -0.2) is 0 Å². The van der Waals surface area contributed by atoms with E-state index in [1.807, 2.05) is 0 Å². The first kappa shape index (κ1) is 46.3. The van der Waals surface area contributed by atoms with Crippen molar-refractivity contribution in [1.82, 2.24) is 0 Å². The third kappa shape index (κ3) is 6.31. The van der Waals surface area contributed by atoms with Crippen LogP contribution in [0.4, 0.5) is 34.1 Å². The highest BCUT2D eigenvalue weighted by molar-refractivity contribution is 6.18. The van der Waals surface area contributed by atoms with E-state index in [4.69, 9.17) is 8.83 Å². The van der Waals surface area contributed by atoms with Crippen molar-refractivity contribution in [2.24, 2.45) is 0 Å². The maximum Gasteiger partial charge on any atom is 0.159 e. The number of para-hydroxylation sites is 4. The maximum atomic E-state index is 6.86. The average Bonchev–Trinajstić information content (AvgIpc) is 3.96. The van der Waals surface area contributed by atoms with Gasteiger partial charge in [-0.05, 0) is 167 Å². The molecule has 81 heavy (non-hydrogen) atoms. The van der Waals surface area contributed by atoms with Crippen molar-refractivity contribution in [2.45, 2.75) is 57.8 Å². The van der Waals surface area contributed by atoms with E-state index in [1.165, 1.54) is 88.3 Å². The van der Waals surface area contributed by atoms with Crippen LogP contribution in [-0.2, 0) is 16.2 Å². The molecule has 0 bridgehead atoms. The van der Waals surface area contributed by atoms with Gasteiger partial charge in [-0.15, -0.1) is 0 Å². The lowest BCUT2D eigenvalue weighted by Gasteiger charge is -2.37. The van der Waals surface area contributed by atoms with Crippen molar-refractivity contribution >= 4 is 99.5 Å². The van der Waals surface area contributed by atoms with Gasteiger partial charge in [0.2, 0.25) is 0 Å². The largest absolute Gasteiger partial charge is 0.454 e. The summed E-state index contributed by atoms with van der Waals surface area (Å²) >= 11 is 0. The van der Waals surface area contributed by atoms with Crippen LogP contribution in [0.1, 0.15) is 74.9 Å². The van der Waals surface area contributed by atoms with Crippen LogP contribution >= 0.6 is 0 Å². The van der Waals surface area contributed by atoms with Crippen LogP contribution in [0.15, 0.2) is 239 Å². The van der Waals surface area contributed by atoms with E-state index in [2.05, 4.69) is 282 Å². The van der Waals surface area contributed by atoms with E-state index in [0.717, 1.165) is 78.0 Å². The average molecular weight is 1040 g/mol. The predicted molar refractivity (Wildman–Crippen MR) is 338 cm³/mol. The maximum absolute atomic E-state index is 6.86. The molecule has 0 unspecified atom stereocenters. The molecule has 17 rings (SSSR count). The summed E-state index contributed by atoms with van der Waals surface area (Å²) < 4.78 is 13.7. The van der Waals surface area contributed by atoms with E-state index in [0.29, 0.717) is 0 Å². The number of anilines is 6. The van der Waals surface area contributed by atoms with Crippen molar-refractivity contribution in [3.8, 4) is 33.4 Å². The van der Waals surface area contributed by atoms with Gasteiger partial charge in [-0.25, -0.2) is 0 Å². The monoisotopic (exact) mass is 1040 g/mol. The molecule has 4 nitrogen and oxygen atoms in total. The predicted octanol–water partition coefficient (Wildman–Crippen LogP) is 21.7. The number of hydrogen-bond donors (Lipinski definition) is 0. The Labute approximate surface area is 470 Å². The lowest BCUT2D eigenvalue weighted by molar-refractivity contribution is 0.645. The zero-order chi connectivity index (χ0) is 54.3. The SMILES string of the molecule is CC1(C)c2ccccc2-c2ccc(N(c3ccc4c(c3)C(C)(C)c3cccc5c3c-4cc3ccc(N(c4ccc6c(c4)C(C)(C)c4ccccc4-6)c4cccc6c4oc4ccccc46)cc35)c3cccc4c3oc3ccccc34)cc21. The summed E-state index contributed by atoms with van der Waals surface area (Å²) in [6.07, 6.45) is 0. The number of rotatable bonds is 6. The highest BCUT2D eigenvalue weighted by Gasteiger charge is 2.39. The summed E-state index contributed by atoms with van der Waals surface area (Å²) in [5, 5.41) is 9.40. The molecule has 0 saturated carbocycles. The van der Waals surface area contributed by atoms with E-state index >= 15 is 0 Å². The quantitative estimate of drug-likeness (QED) is 0.155. The topological polar surface area (TPSA) is 32.8 Å². The second-order valence-corrected chi connectivity index (χ2v) is 24.4. The summed E-state index contributed by atoms with van der Waals surface area (Å²) in [7, 11) is 0. The minimum atomic E-state index is -0.362. The molecule has 0 N–H and O–H groups in total. The normalized spacial score (nSPS) is 14.8. The molecule has 14 aromatic rings. The van der Waals surface area contributed by atoms with Crippen molar-refractivity contribution in [2.75, 3.05) is 9.80 Å². The van der Waals surface area contributed by atoms with E-state index in [-0.39, 0.29) is 16.2 Å². The molecule has 386 valence electrons. The fourth-order valence-electron chi connectivity index (χ4n) is 15.0. The Morgan fingerprint density at radius 3 is 1.19 bits per heavy atom. The molecule has 2 heterocycles. The third-order valence-electron chi connectivity index (χ3n) is 19.0. The number of furan rings is 2. The van der Waals surface area contributed by atoms with Gasteiger partial charge in [-0.1, -0.05) is 193 Å². The highest BCUT2D eigenvalue weighted by Crippen LogP contribution is 2.56. The van der Waals surface area contributed by atoms with Crippen LogP contribution in [0.3, 0.4) is 0 Å². The Morgan fingerprint density at radius 1 is 0.272 bits per heavy atom. The van der Waals surface area contributed by atoms with Gasteiger partial charge in [0.25, 0.3) is 0 Å². The van der Waals surface area contributed by atoms with E-state index in [9.17, 15) is 0 Å². The third-order valence-corrected chi connectivity index (χ3v) is 19.0. The summed E-state index contributed by atoms with van der Waals surface area (Å²) in [5.41, 5.74) is 24.9. The fraction of sp³-hybridized carbons (Fsp3) is 0.117. The van der Waals surface area contributed by atoms with Gasteiger partial charge in [0.05, 0.1) is 11.4 Å². The van der Waals surface area contributed by atoms with Crippen molar-refractivity contribution in [3.05, 3.63) is 264 Å². The lowest BCUT2D eigenvalue weighted by atomic mass is 9.68. The van der Waals surface area contributed by atoms with Crippen LogP contribution in [0.5, 0.6) is 0 Å². The fourth-order valence-corrected chi connectivity index (χ4v) is 15.0. The Hall–Kier alpha value is -9.64. The Balaban J connectivity index is 0.850. The van der Waals surface area contributed by atoms with Crippen molar-refractivity contribution < 1.29 is 8.83 Å². The number of hydrogen-bond acceptors (Lipinski definition) is 4. The number of nitrogens with zero attached hydrogens (tertiary/aromatic N) is 2. The van der Waals surface area contributed by atoms with Gasteiger partial charge in [-0.2, -0.15) is 0 Å². The molecular formula is C77H56N2O2. The highest BCUT2D eigenvalue weighted by atomic mass is 16.3. The Bertz CT molecular complexity index is 5060. The molecule has 4 heteroatoms. The van der Waals surface area contributed by atoms with Crippen molar-refractivity contribution in [1.29, 1.82) is 0 Å². The number of benzene rings is 12. The summed E-state index contributed by atoms with van der Waals surface area (Å²) in [6.45, 7) is 14.3. The standard InChI is InChI=1S/C77H56N2O2/c1-75(2)62-25-11-7-18-50(62)52-37-34-47(42-65(52)75)78(68-28-16-23-58-55-20-9-13-30-70(55)80-73(58)68)46-33-32-45-40-61-54-39-36-49(44-67(54)77(5,6)64-27-15-22-57(72(61)64)60(45)41-46)79(69-29-17-24-59-56-21-10-14-31-71(56)81-74(59)69)48-35-38-53-51-19-8-12-26-63(51)76(3,4)66(53)43-48/h7-44H,1-6H3.